The quantitative estimate of drug-likeness (QED) is 0.912. The molecule has 1 aliphatic heterocycles. The van der Waals surface area contributed by atoms with Crippen LogP contribution in [0.15, 0.2) is 40.8 Å². The molecule has 0 aliphatic carbocycles. The van der Waals surface area contributed by atoms with Crippen LogP contribution in [0, 0.1) is 0 Å². The Hall–Kier alpha value is -2.76. The van der Waals surface area contributed by atoms with E-state index in [2.05, 4.69) is 0 Å². The first-order valence-electron chi connectivity index (χ1n) is 7.95. The first kappa shape index (κ1) is 16.1. The summed E-state index contributed by atoms with van der Waals surface area (Å²) in [6.07, 6.45) is 1.08. The van der Waals surface area contributed by atoms with Crippen molar-refractivity contribution in [2.45, 2.75) is 25.9 Å². The van der Waals surface area contributed by atoms with E-state index < -0.39 is 5.97 Å². The van der Waals surface area contributed by atoms with Gasteiger partial charge in [0.1, 0.15) is 23.2 Å². The summed E-state index contributed by atoms with van der Waals surface area (Å²) in [4.78, 5) is 25.4. The summed E-state index contributed by atoms with van der Waals surface area (Å²) < 4.78 is 11.3. The van der Waals surface area contributed by atoms with Crippen LogP contribution in [0.4, 0.5) is 0 Å². The number of nitrogens with zero attached hydrogens (tertiary/aromatic N) is 1. The molecule has 6 heteroatoms. The molecule has 6 nitrogen and oxygen atoms in total. The number of carbonyl (C=O) groups is 2. The van der Waals surface area contributed by atoms with Crippen molar-refractivity contribution in [1.29, 1.82) is 0 Å². The molecule has 0 radical (unpaired) electrons. The Balaban J connectivity index is 1.67. The van der Waals surface area contributed by atoms with Crippen LogP contribution in [0.5, 0.6) is 5.75 Å². The third-order valence-electron chi connectivity index (χ3n) is 4.05. The van der Waals surface area contributed by atoms with Gasteiger partial charge in [0, 0.05) is 25.5 Å². The number of ether oxygens (including phenoxy) is 1. The lowest BCUT2D eigenvalue weighted by molar-refractivity contribution is 0.0692. The van der Waals surface area contributed by atoms with E-state index in [1.807, 2.05) is 30.3 Å². The SMILES string of the molecule is CCc1oc(C(=O)N2CCC(Oc3ccccc3)C2)cc1C(=O)O. The number of carboxylic acids is 1. The molecule has 1 unspecified atom stereocenters. The molecular formula is C18H19NO5. The molecule has 1 fully saturated rings. The zero-order valence-electron chi connectivity index (χ0n) is 13.4. The molecule has 3 rings (SSSR count). The number of hydrogen-bond acceptors (Lipinski definition) is 4. The van der Waals surface area contributed by atoms with Gasteiger partial charge in [-0.05, 0) is 12.1 Å². The average molecular weight is 329 g/mol. The minimum Gasteiger partial charge on any atom is -0.489 e. The summed E-state index contributed by atoms with van der Waals surface area (Å²) in [6.45, 7) is 2.80. The van der Waals surface area contributed by atoms with Crippen LogP contribution in [0.2, 0.25) is 0 Å². The van der Waals surface area contributed by atoms with Crippen molar-refractivity contribution in [3.8, 4) is 5.75 Å². The van der Waals surface area contributed by atoms with Gasteiger partial charge in [0.2, 0.25) is 0 Å². The molecule has 0 bridgehead atoms. The Labute approximate surface area is 139 Å². The molecule has 1 saturated heterocycles. The second-order valence-electron chi connectivity index (χ2n) is 5.70. The molecule has 0 saturated carbocycles. The highest BCUT2D eigenvalue weighted by molar-refractivity contribution is 5.96. The maximum absolute atomic E-state index is 12.5. The van der Waals surface area contributed by atoms with Gasteiger partial charge in [0.15, 0.2) is 5.76 Å². The Morgan fingerprint density at radius 1 is 1.33 bits per heavy atom. The molecule has 1 amide bonds. The zero-order chi connectivity index (χ0) is 17.1. The molecule has 1 N–H and O–H groups in total. The number of rotatable bonds is 5. The van der Waals surface area contributed by atoms with Gasteiger partial charge in [-0.15, -0.1) is 0 Å². The molecule has 1 aliphatic rings. The number of aromatic carboxylic acids is 1. The molecular weight excluding hydrogens is 310 g/mol. The lowest BCUT2D eigenvalue weighted by Gasteiger charge is -2.16. The fourth-order valence-corrected chi connectivity index (χ4v) is 2.83. The normalized spacial score (nSPS) is 17.0. The molecule has 126 valence electrons. The number of benzene rings is 1. The number of furan rings is 1. The second kappa shape index (κ2) is 6.78. The topological polar surface area (TPSA) is 80.0 Å². The predicted octanol–water partition coefficient (Wildman–Crippen LogP) is 2.83. The Morgan fingerprint density at radius 3 is 2.71 bits per heavy atom. The van der Waals surface area contributed by atoms with E-state index in [4.69, 9.17) is 14.3 Å². The number of amides is 1. The third kappa shape index (κ3) is 3.27. The van der Waals surface area contributed by atoms with E-state index in [0.29, 0.717) is 25.3 Å². The standard InChI is InChI=1S/C18H19NO5/c1-2-15-14(18(21)22)10-16(24-15)17(20)19-9-8-13(11-19)23-12-6-4-3-5-7-12/h3-7,10,13H,2,8-9,11H2,1H3,(H,21,22). The average Bonchev–Trinajstić information content (AvgIpc) is 3.22. The number of carbonyl (C=O) groups excluding carboxylic acids is 1. The van der Waals surface area contributed by atoms with E-state index in [1.165, 1.54) is 6.07 Å². The van der Waals surface area contributed by atoms with Gasteiger partial charge in [-0.1, -0.05) is 25.1 Å². The van der Waals surface area contributed by atoms with E-state index in [-0.39, 0.29) is 23.3 Å². The van der Waals surface area contributed by atoms with Crippen molar-refractivity contribution in [3.63, 3.8) is 0 Å². The Bertz CT molecular complexity index is 737. The van der Waals surface area contributed by atoms with Crippen molar-refractivity contribution in [3.05, 3.63) is 53.5 Å². The van der Waals surface area contributed by atoms with Crippen molar-refractivity contribution in [2.75, 3.05) is 13.1 Å². The maximum Gasteiger partial charge on any atom is 0.339 e. The van der Waals surface area contributed by atoms with Crippen LogP contribution >= 0.6 is 0 Å². The van der Waals surface area contributed by atoms with Gasteiger partial charge in [-0.25, -0.2) is 4.79 Å². The van der Waals surface area contributed by atoms with Crippen molar-refractivity contribution >= 4 is 11.9 Å². The van der Waals surface area contributed by atoms with Gasteiger partial charge in [-0.3, -0.25) is 4.79 Å². The first-order valence-corrected chi connectivity index (χ1v) is 7.95. The largest absolute Gasteiger partial charge is 0.489 e. The van der Waals surface area contributed by atoms with Crippen molar-refractivity contribution < 1.29 is 23.8 Å². The smallest absolute Gasteiger partial charge is 0.339 e. The Morgan fingerprint density at radius 2 is 2.08 bits per heavy atom. The molecule has 2 aromatic rings. The van der Waals surface area contributed by atoms with Crippen LogP contribution in [0.25, 0.3) is 0 Å². The minimum atomic E-state index is -1.08. The summed E-state index contributed by atoms with van der Waals surface area (Å²) in [5.41, 5.74) is 0.0529. The molecule has 24 heavy (non-hydrogen) atoms. The number of para-hydroxylation sites is 1. The minimum absolute atomic E-state index is 0.0529. The summed E-state index contributed by atoms with van der Waals surface area (Å²) in [6, 6.07) is 10.8. The lowest BCUT2D eigenvalue weighted by atomic mass is 10.2. The van der Waals surface area contributed by atoms with Gasteiger partial charge in [0.25, 0.3) is 5.91 Å². The maximum atomic E-state index is 12.5. The summed E-state index contributed by atoms with van der Waals surface area (Å²) in [5, 5.41) is 9.16. The summed E-state index contributed by atoms with van der Waals surface area (Å²) in [5.74, 6) is -0.208. The molecule has 0 spiro atoms. The van der Waals surface area contributed by atoms with E-state index in [9.17, 15) is 9.59 Å². The number of aryl methyl sites for hydroxylation is 1. The van der Waals surface area contributed by atoms with Gasteiger partial charge in [-0.2, -0.15) is 0 Å². The van der Waals surface area contributed by atoms with Crippen LogP contribution in [-0.4, -0.2) is 41.1 Å². The van der Waals surface area contributed by atoms with Gasteiger partial charge >= 0.3 is 5.97 Å². The van der Waals surface area contributed by atoms with E-state index in [0.717, 1.165) is 12.2 Å². The van der Waals surface area contributed by atoms with Gasteiger partial charge < -0.3 is 19.2 Å². The summed E-state index contributed by atoms with van der Waals surface area (Å²) in [7, 11) is 0. The van der Waals surface area contributed by atoms with Crippen molar-refractivity contribution in [2.24, 2.45) is 0 Å². The highest BCUT2D eigenvalue weighted by Gasteiger charge is 2.31. The number of likely N-dealkylation sites (tertiary alicyclic amines) is 1. The molecule has 1 atom stereocenters. The van der Waals surface area contributed by atoms with E-state index >= 15 is 0 Å². The number of hydrogen-bond donors (Lipinski definition) is 1. The van der Waals surface area contributed by atoms with Crippen LogP contribution < -0.4 is 4.74 Å². The predicted molar refractivity (Wildman–Crippen MR) is 86.4 cm³/mol. The Kier molecular flexibility index (Phi) is 4.55. The second-order valence-corrected chi connectivity index (χ2v) is 5.70. The van der Waals surface area contributed by atoms with Crippen molar-refractivity contribution in [1.82, 2.24) is 4.90 Å². The van der Waals surface area contributed by atoms with E-state index in [1.54, 1.807) is 11.8 Å². The number of carboxylic acid groups (broad SMARTS) is 1. The van der Waals surface area contributed by atoms with Gasteiger partial charge in [0.05, 0.1) is 6.54 Å². The highest BCUT2D eigenvalue weighted by Crippen LogP contribution is 2.22. The fraction of sp³-hybridized carbons (Fsp3) is 0.333. The van der Waals surface area contributed by atoms with Crippen LogP contribution in [0.1, 0.15) is 40.0 Å². The third-order valence-corrected chi connectivity index (χ3v) is 4.05. The molecule has 1 aromatic heterocycles. The molecule has 1 aromatic carbocycles. The monoisotopic (exact) mass is 329 g/mol. The van der Waals surface area contributed by atoms with Crippen LogP contribution in [-0.2, 0) is 6.42 Å². The first-order chi connectivity index (χ1) is 11.6. The summed E-state index contributed by atoms with van der Waals surface area (Å²) >= 11 is 0. The molecule has 2 heterocycles. The van der Waals surface area contributed by atoms with Crippen LogP contribution in [0.3, 0.4) is 0 Å². The fourth-order valence-electron chi connectivity index (χ4n) is 2.83. The lowest BCUT2D eigenvalue weighted by Crippen LogP contribution is -2.30. The highest BCUT2D eigenvalue weighted by atomic mass is 16.5. The zero-order valence-corrected chi connectivity index (χ0v) is 13.4.